The fraction of sp³-hybridized carbons (Fsp3) is 0.111. The van der Waals surface area contributed by atoms with Crippen molar-refractivity contribution in [3.63, 3.8) is 0 Å². The van der Waals surface area contributed by atoms with Crippen LogP contribution >= 0.6 is 23.2 Å². The second kappa shape index (κ2) is 9.53. The molecule has 0 saturated heterocycles. The van der Waals surface area contributed by atoms with E-state index in [1.165, 1.54) is 24.3 Å². The topological polar surface area (TPSA) is 155 Å². The normalized spacial score (nSPS) is 11.0. The number of amides is 2. The van der Waals surface area contributed by atoms with Crippen LogP contribution in [-0.4, -0.2) is 43.5 Å². The Balaban J connectivity index is 1.77. The van der Waals surface area contributed by atoms with Gasteiger partial charge in [0.05, 0.1) is 14.9 Å². The molecule has 0 aliphatic rings. The standard InChI is InChI=1S/C18H18Cl2N8O3S/c1-28(2)17-25-15(22-11-5-8-13(19)14(20)9-11)24-16(26-17)27-18(29)23-10-3-6-12(7-4-10)32(21,30)31/h3-9H,1-2H3,(H2,21,30,31)(H3,22,23,24,25,26,27,29). The Hall–Kier alpha value is -3.19. The molecule has 32 heavy (non-hydrogen) atoms. The van der Waals surface area contributed by atoms with Gasteiger partial charge in [0.25, 0.3) is 0 Å². The van der Waals surface area contributed by atoms with Gasteiger partial charge in [0.2, 0.25) is 27.9 Å². The lowest BCUT2D eigenvalue weighted by Crippen LogP contribution is -2.23. The summed E-state index contributed by atoms with van der Waals surface area (Å²) in [5, 5.41) is 13.8. The average molecular weight is 497 g/mol. The zero-order chi connectivity index (χ0) is 23.5. The summed E-state index contributed by atoms with van der Waals surface area (Å²) in [6, 6.07) is 9.62. The maximum atomic E-state index is 12.4. The van der Waals surface area contributed by atoms with Gasteiger partial charge in [-0.15, -0.1) is 0 Å². The fourth-order valence-corrected chi connectivity index (χ4v) is 3.18. The molecule has 11 nitrogen and oxygen atoms in total. The van der Waals surface area contributed by atoms with Crippen LogP contribution in [0.2, 0.25) is 10.0 Å². The first-order chi connectivity index (χ1) is 15.0. The summed E-state index contributed by atoms with van der Waals surface area (Å²) in [6.45, 7) is 0. The molecule has 0 fully saturated rings. The first-order valence-corrected chi connectivity index (χ1v) is 11.2. The quantitative estimate of drug-likeness (QED) is 0.404. The number of nitrogens with one attached hydrogen (secondary N) is 3. The molecule has 5 N–H and O–H groups in total. The number of rotatable bonds is 6. The zero-order valence-electron chi connectivity index (χ0n) is 16.8. The van der Waals surface area contributed by atoms with Crippen LogP contribution in [0.5, 0.6) is 0 Å². The number of primary sulfonamides is 1. The minimum Gasteiger partial charge on any atom is -0.347 e. The molecule has 14 heteroatoms. The molecular formula is C18H18Cl2N8O3S. The second-order valence-corrected chi connectivity index (χ2v) is 8.96. The highest BCUT2D eigenvalue weighted by Crippen LogP contribution is 2.26. The van der Waals surface area contributed by atoms with E-state index < -0.39 is 16.1 Å². The van der Waals surface area contributed by atoms with Gasteiger partial charge in [-0.1, -0.05) is 23.2 Å². The number of nitrogens with zero attached hydrogens (tertiary/aromatic N) is 4. The van der Waals surface area contributed by atoms with Gasteiger partial charge in [-0.3, -0.25) is 5.32 Å². The maximum Gasteiger partial charge on any atom is 0.326 e. The lowest BCUT2D eigenvalue weighted by Gasteiger charge is -2.14. The van der Waals surface area contributed by atoms with Crippen LogP contribution in [0.25, 0.3) is 0 Å². The van der Waals surface area contributed by atoms with Gasteiger partial charge >= 0.3 is 6.03 Å². The predicted molar refractivity (Wildman–Crippen MR) is 124 cm³/mol. The Kier molecular flexibility index (Phi) is 6.99. The van der Waals surface area contributed by atoms with E-state index in [0.717, 1.165) is 0 Å². The molecule has 0 spiro atoms. The van der Waals surface area contributed by atoms with Crippen LogP contribution in [0.1, 0.15) is 0 Å². The van der Waals surface area contributed by atoms with Gasteiger partial charge in [0.15, 0.2) is 0 Å². The first kappa shape index (κ1) is 23.5. The number of anilines is 5. The number of carbonyl (C=O) groups is 1. The highest BCUT2D eigenvalue weighted by molar-refractivity contribution is 7.89. The molecule has 1 aromatic heterocycles. The largest absolute Gasteiger partial charge is 0.347 e. The number of nitrogens with two attached hydrogens (primary N) is 1. The van der Waals surface area contributed by atoms with Crippen molar-refractivity contribution in [3.8, 4) is 0 Å². The number of halogens is 2. The van der Waals surface area contributed by atoms with E-state index in [4.69, 9.17) is 28.3 Å². The second-order valence-electron chi connectivity index (χ2n) is 6.58. The molecule has 0 aliphatic heterocycles. The fourth-order valence-electron chi connectivity index (χ4n) is 2.37. The van der Waals surface area contributed by atoms with Crippen LogP contribution in [-0.2, 0) is 10.0 Å². The smallest absolute Gasteiger partial charge is 0.326 e. The van der Waals surface area contributed by atoms with Crippen molar-refractivity contribution in [1.82, 2.24) is 15.0 Å². The number of sulfonamides is 1. The average Bonchev–Trinajstić information content (AvgIpc) is 2.70. The molecule has 2 amide bonds. The van der Waals surface area contributed by atoms with Crippen molar-refractivity contribution < 1.29 is 13.2 Å². The van der Waals surface area contributed by atoms with E-state index in [0.29, 0.717) is 21.4 Å². The Morgan fingerprint density at radius 2 is 1.53 bits per heavy atom. The summed E-state index contributed by atoms with van der Waals surface area (Å²) in [7, 11) is -0.365. The lowest BCUT2D eigenvalue weighted by molar-refractivity contribution is 0.262. The molecule has 0 saturated carbocycles. The summed E-state index contributed by atoms with van der Waals surface area (Å²) >= 11 is 12.0. The highest BCUT2D eigenvalue weighted by Gasteiger charge is 2.13. The minimum absolute atomic E-state index is 0.0232. The summed E-state index contributed by atoms with van der Waals surface area (Å²) in [4.78, 5) is 26.6. The first-order valence-electron chi connectivity index (χ1n) is 8.87. The van der Waals surface area contributed by atoms with Crippen molar-refractivity contribution in [2.45, 2.75) is 4.90 Å². The summed E-state index contributed by atoms with van der Waals surface area (Å²) < 4.78 is 22.6. The number of aromatic nitrogens is 3. The lowest BCUT2D eigenvalue weighted by atomic mass is 10.3. The van der Waals surface area contributed by atoms with Gasteiger partial charge < -0.3 is 15.5 Å². The maximum absolute atomic E-state index is 12.4. The SMILES string of the molecule is CN(C)c1nc(NC(=O)Nc2ccc(S(N)(=O)=O)cc2)nc(Nc2ccc(Cl)c(Cl)c2)n1. The van der Waals surface area contributed by atoms with E-state index in [1.807, 2.05) is 0 Å². The number of hydrogen-bond donors (Lipinski definition) is 4. The molecule has 0 atom stereocenters. The van der Waals surface area contributed by atoms with Crippen LogP contribution in [0, 0.1) is 0 Å². The minimum atomic E-state index is -3.83. The Bertz CT molecular complexity index is 1250. The van der Waals surface area contributed by atoms with Gasteiger partial charge in [0.1, 0.15) is 0 Å². The van der Waals surface area contributed by atoms with E-state index in [-0.39, 0.29) is 22.7 Å². The monoisotopic (exact) mass is 496 g/mol. The number of benzene rings is 2. The number of urea groups is 1. The van der Waals surface area contributed by atoms with Crippen molar-refractivity contribution in [3.05, 3.63) is 52.5 Å². The molecule has 1 heterocycles. The molecular weight excluding hydrogens is 479 g/mol. The molecule has 168 valence electrons. The number of carbonyl (C=O) groups excluding carboxylic acids is 1. The van der Waals surface area contributed by atoms with E-state index in [1.54, 1.807) is 37.2 Å². The van der Waals surface area contributed by atoms with Gasteiger partial charge in [0, 0.05) is 25.5 Å². The van der Waals surface area contributed by atoms with Crippen molar-refractivity contribution >= 4 is 68.5 Å². The van der Waals surface area contributed by atoms with E-state index in [2.05, 4.69) is 30.9 Å². The third-order valence-electron chi connectivity index (χ3n) is 3.87. The predicted octanol–water partition coefficient (Wildman–Crippen LogP) is 3.28. The highest BCUT2D eigenvalue weighted by atomic mass is 35.5. The van der Waals surface area contributed by atoms with Crippen LogP contribution in [0.3, 0.4) is 0 Å². The summed E-state index contributed by atoms with van der Waals surface area (Å²) in [6.07, 6.45) is 0. The third-order valence-corrected chi connectivity index (χ3v) is 5.53. The summed E-state index contributed by atoms with van der Waals surface area (Å²) in [5.41, 5.74) is 0.923. The molecule has 0 unspecified atom stereocenters. The Morgan fingerprint density at radius 3 is 2.12 bits per heavy atom. The van der Waals surface area contributed by atoms with Crippen molar-refractivity contribution in [2.24, 2.45) is 5.14 Å². The van der Waals surface area contributed by atoms with Gasteiger partial charge in [-0.05, 0) is 42.5 Å². The summed E-state index contributed by atoms with van der Waals surface area (Å²) in [5.74, 6) is 0.426. The van der Waals surface area contributed by atoms with Crippen LogP contribution in [0.4, 0.5) is 34.0 Å². The zero-order valence-corrected chi connectivity index (χ0v) is 19.1. The molecule has 3 aromatic rings. The van der Waals surface area contributed by atoms with Gasteiger partial charge in [-0.2, -0.15) is 15.0 Å². The Labute approximate surface area is 194 Å². The third kappa shape index (κ3) is 6.17. The molecule has 0 aliphatic carbocycles. The van der Waals surface area contributed by atoms with Crippen molar-refractivity contribution in [1.29, 1.82) is 0 Å². The van der Waals surface area contributed by atoms with Crippen LogP contribution < -0.4 is 26.0 Å². The number of hydrogen-bond acceptors (Lipinski definition) is 8. The molecule has 2 aromatic carbocycles. The van der Waals surface area contributed by atoms with E-state index in [9.17, 15) is 13.2 Å². The molecule has 0 bridgehead atoms. The van der Waals surface area contributed by atoms with Gasteiger partial charge in [-0.25, -0.2) is 18.4 Å². The molecule has 0 radical (unpaired) electrons. The van der Waals surface area contributed by atoms with E-state index >= 15 is 0 Å². The van der Waals surface area contributed by atoms with Crippen LogP contribution in [0.15, 0.2) is 47.4 Å². The molecule has 3 rings (SSSR count). The van der Waals surface area contributed by atoms with Crippen molar-refractivity contribution in [2.75, 3.05) is 34.9 Å². The Morgan fingerprint density at radius 1 is 0.906 bits per heavy atom.